The molecule has 0 fully saturated rings. The van der Waals surface area contributed by atoms with Crippen molar-refractivity contribution in [2.24, 2.45) is 0 Å². The molecule has 0 heterocycles. The maximum atomic E-state index is 13.9. The average Bonchev–Trinajstić information content (AvgIpc) is 2.92. The molecule has 0 radical (unpaired) electrons. The molecule has 1 N–H and O–H groups in total. The summed E-state index contributed by atoms with van der Waals surface area (Å²) in [4.78, 5) is 28.6. The second-order valence-corrected chi connectivity index (χ2v) is 11.2. The molecule has 11 heteroatoms. The molecule has 0 unspecified atom stereocenters. The predicted octanol–water partition coefficient (Wildman–Crippen LogP) is 4.64. The maximum absolute atomic E-state index is 13.9. The van der Waals surface area contributed by atoms with E-state index in [4.69, 9.17) is 0 Å². The number of nitrogens with one attached hydrogen (secondary N) is 1. The summed E-state index contributed by atoms with van der Waals surface area (Å²) in [5.41, 5.74) is 0.124. The highest BCUT2D eigenvalue weighted by Gasteiger charge is 2.34. The molecule has 3 aromatic rings. The van der Waals surface area contributed by atoms with E-state index in [1.54, 1.807) is 42.5 Å². The van der Waals surface area contributed by atoms with Crippen LogP contribution >= 0.6 is 0 Å². The van der Waals surface area contributed by atoms with Crippen molar-refractivity contribution >= 4 is 27.5 Å². The lowest BCUT2D eigenvalue weighted by Crippen LogP contribution is -2.53. The Hall–Kier alpha value is -3.86. The fraction of sp³-hybridized carbons (Fsp3) is 0.310. The van der Waals surface area contributed by atoms with Gasteiger partial charge in [0.1, 0.15) is 12.6 Å². The Bertz CT molecular complexity index is 1380. The first-order valence-corrected chi connectivity index (χ1v) is 14.5. The number of alkyl halides is 3. The van der Waals surface area contributed by atoms with E-state index in [1.165, 1.54) is 11.0 Å². The zero-order valence-electron chi connectivity index (χ0n) is 22.3. The van der Waals surface area contributed by atoms with Gasteiger partial charge in [-0.05, 0) is 35.7 Å². The minimum Gasteiger partial charge on any atom is -0.354 e. The summed E-state index contributed by atoms with van der Waals surface area (Å²) in [5, 5.41) is 2.82. The van der Waals surface area contributed by atoms with Crippen molar-refractivity contribution in [2.75, 3.05) is 23.7 Å². The van der Waals surface area contributed by atoms with Crippen LogP contribution < -0.4 is 9.62 Å². The molecule has 3 rings (SSSR count). The van der Waals surface area contributed by atoms with E-state index < -0.39 is 46.2 Å². The Balaban J connectivity index is 2.04. The number of halogens is 3. The lowest BCUT2D eigenvalue weighted by atomic mass is 10.0. The summed E-state index contributed by atoms with van der Waals surface area (Å²) in [5.74, 6) is -1.15. The van der Waals surface area contributed by atoms with Crippen molar-refractivity contribution < 1.29 is 31.2 Å². The molecular weight excluding hydrogens is 543 g/mol. The molecule has 7 nitrogen and oxygen atoms in total. The lowest BCUT2D eigenvalue weighted by molar-refractivity contribution is -0.140. The second kappa shape index (κ2) is 13.5. The van der Waals surface area contributed by atoms with Crippen LogP contribution in [0.2, 0.25) is 0 Å². The molecule has 0 aliphatic rings. The summed E-state index contributed by atoms with van der Waals surface area (Å²) < 4.78 is 66.2. The van der Waals surface area contributed by atoms with Gasteiger partial charge < -0.3 is 10.2 Å². The standard InChI is InChI=1S/C29H32F3N3O4S/c1-3-17-33-28(37)26(18-22-11-6-4-7-12-22)34(20-23-13-8-5-9-14-23)27(36)21-35(40(2,38)39)25-16-10-15-24(19-25)29(30,31)32/h4-16,19,26H,3,17-18,20-21H2,1-2H3,(H,33,37)/t26-/m1/s1. The van der Waals surface area contributed by atoms with E-state index in [9.17, 15) is 31.2 Å². The third-order valence-corrected chi connectivity index (χ3v) is 7.30. The highest BCUT2D eigenvalue weighted by atomic mass is 32.2. The van der Waals surface area contributed by atoms with E-state index in [0.717, 1.165) is 24.0 Å². The van der Waals surface area contributed by atoms with Gasteiger partial charge in [-0.15, -0.1) is 0 Å². The van der Waals surface area contributed by atoms with Crippen LogP contribution in [0.25, 0.3) is 0 Å². The summed E-state index contributed by atoms with van der Waals surface area (Å²) in [6, 6.07) is 20.7. The number of benzene rings is 3. The van der Waals surface area contributed by atoms with Crippen LogP contribution in [0.3, 0.4) is 0 Å². The zero-order chi connectivity index (χ0) is 29.3. The van der Waals surface area contributed by atoms with Crippen molar-refractivity contribution in [3.8, 4) is 0 Å². The average molecular weight is 576 g/mol. The second-order valence-electron chi connectivity index (χ2n) is 9.32. The first-order valence-electron chi connectivity index (χ1n) is 12.7. The number of nitrogens with zero attached hydrogens (tertiary/aromatic N) is 2. The van der Waals surface area contributed by atoms with Gasteiger partial charge in [-0.1, -0.05) is 73.7 Å². The minimum absolute atomic E-state index is 0.0170. The molecule has 0 aromatic heterocycles. The third kappa shape index (κ3) is 8.57. The fourth-order valence-electron chi connectivity index (χ4n) is 4.15. The van der Waals surface area contributed by atoms with Crippen molar-refractivity contribution in [3.05, 3.63) is 102 Å². The predicted molar refractivity (Wildman–Crippen MR) is 148 cm³/mol. The molecule has 0 aliphatic carbocycles. The smallest absolute Gasteiger partial charge is 0.354 e. The third-order valence-electron chi connectivity index (χ3n) is 6.16. The lowest BCUT2D eigenvalue weighted by Gasteiger charge is -2.33. The Kier molecular flexibility index (Phi) is 10.3. The summed E-state index contributed by atoms with van der Waals surface area (Å²) in [6.07, 6.45) is -3.08. The largest absolute Gasteiger partial charge is 0.416 e. The first-order chi connectivity index (χ1) is 18.9. The van der Waals surface area contributed by atoms with E-state index in [2.05, 4.69) is 5.32 Å². The summed E-state index contributed by atoms with van der Waals surface area (Å²) >= 11 is 0. The molecule has 0 aliphatic heterocycles. The quantitative estimate of drug-likeness (QED) is 0.341. The number of anilines is 1. The number of rotatable bonds is 12. The van der Waals surface area contributed by atoms with Crippen molar-refractivity contribution in [1.82, 2.24) is 10.2 Å². The highest BCUT2D eigenvalue weighted by molar-refractivity contribution is 7.92. The topological polar surface area (TPSA) is 86.8 Å². The highest BCUT2D eigenvalue weighted by Crippen LogP contribution is 2.32. The van der Waals surface area contributed by atoms with Crippen LogP contribution in [0.4, 0.5) is 18.9 Å². The molecule has 3 aromatic carbocycles. The number of amides is 2. The normalized spacial score (nSPS) is 12.4. The van der Waals surface area contributed by atoms with E-state index in [0.29, 0.717) is 28.9 Å². The minimum atomic E-state index is -4.71. The molecular formula is C29H32F3N3O4S. The van der Waals surface area contributed by atoms with Crippen LogP contribution in [-0.2, 0) is 38.8 Å². The van der Waals surface area contributed by atoms with Gasteiger partial charge in [-0.3, -0.25) is 13.9 Å². The van der Waals surface area contributed by atoms with Crippen LogP contribution in [0.1, 0.15) is 30.0 Å². The van der Waals surface area contributed by atoms with Crippen molar-refractivity contribution in [2.45, 2.75) is 38.5 Å². The molecule has 0 bridgehead atoms. The van der Waals surface area contributed by atoms with E-state index >= 15 is 0 Å². The van der Waals surface area contributed by atoms with Gasteiger partial charge in [-0.25, -0.2) is 8.42 Å². The Morgan fingerprint density at radius 1 is 0.900 bits per heavy atom. The van der Waals surface area contributed by atoms with Gasteiger partial charge in [0.05, 0.1) is 17.5 Å². The fourth-order valence-corrected chi connectivity index (χ4v) is 4.99. The zero-order valence-corrected chi connectivity index (χ0v) is 23.1. The SMILES string of the molecule is CCCNC(=O)[C@@H](Cc1ccccc1)N(Cc1ccccc1)C(=O)CN(c1cccc(C(F)(F)F)c1)S(C)(=O)=O. The molecule has 0 spiro atoms. The van der Waals surface area contributed by atoms with Gasteiger partial charge >= 0.3 is 6.18 Å². The number of sulfonamides is 1. The van der Waals surface area contributed by atoms with Crippen molar-refractivity contribution in [3.63, 3.8) is 0 Å². The monoisotopic (exact) mass is 575 g/mol. The van der Waals surface area contributed by atoms with Crippen LogP contribution in [-0.4, -0.2) is 50.5 Å². The molecule has 0 saturated carbocycles. The number of hydrogen-bond donors (Lipinski definition) is 1. The Morgan fingerprint density at radius 2 is 1.50 bits per heavy atom. The van der Waals surface area contributed by atoms with E-state index in [-0.39, 0.29) is 18.7 Å². The van der Waals surface area contributed by atoms with Crippen LogP contribution in [0, 0.1) is 0 Å². The van der Waals surface area contributed by atoms with Gasteiger partial charge in [0, 0.05) is 19.5 Å². The van der Waals surface area contributed by atoms with Crippen molar-refractivity contribution in [1.29, 1.82) is 0 Å². The maximum Gasteiger partial charge on any atom is 0.416 e. The van der Waals surface area contributed by atoms with Gasteiger partial charge in [0.25, 0.3) is 0 Å². The van der Waals surface area contributed by atoms with Crippen LogP contribution in [0.5, 0.6) is 0 Å². The van der Waals surface area contributed by atoms with Crippen LogP contribution in [0.15, 0.2) is 84.9 Å². The Morgan fingerprint density at radius 3 is 2.05 bits per heavy atom. The van der Waals surface area contributed by atoms with E-state index in [1.807, 2.05) is 25.1 Å². The molecule has 1 atom stereocenters. The molecule has 2 amide bonds. The van der Waals surface area contributed by atoms with Gasteiger partial charge in [-0.2, -0.15) is 13.2 Å². The Labute approximate surface area is 232 Å². The van der Waals surface area contributed by atoms with Gasteiger partial charge in [0.2, 0.25) is 21.8 Å². The summed E-state index contributed by atoms with van der Waals surface area (Å²) in [7, 11) is -4.18. The molecule has 0 saturated heterocycles. The summed E-state index contributed by atoms with van der Waals surface area (Å²) in [6.45, 7) is 1.45. The number of carbonyl (C=O) groups excluding carboxylic acids is 2. The molecule has 214 valence electrons. The van der Waals surface area contributed by atoms with Gasteiger partial charge in [0.15, 0.2) is 0 Å². The first kappa shape index (κ1) is 30.7. The molecule has 40 heavy (non-hydrogen) atoms. The number of hydrogen-bond acceptors (Lipinski definition) is 4. The number of carbonyl (C=O) groups is 2.